The van der Waals surface area contributed by atoms with Gasteiger partial charge in [0.25, 0.3) is 0 Å². The van der Waals surface area contributed by atoms with Crippen molar-refractivity contribution in [3.8, 4) is 0 Å². The molecular formula is C15H26N2O3. The number of aliphatic carboxylic acids is 1. The number of carbonyl (C=O) groups is 2. The van der Waals surface area contributed by atoms with Crippen molar-refractivity contribution in [2.75, 3.05) is 0 Å². The van der Waals surface area contributed by atoms with Crippen LogP contribution >= 0.6 is 0 Å². The van der Waals surface area contributed by atoms with Gasteiger partial charge in [-0.25, -0.2) is 4.79 Å². The molecule has 1 atom stereocenters. The van der Waals surface area contributed by atoms with Crippen molar-refractivity contribution in [3.63, 3.8) is 0 Å². The van der Waals surface area contributed by atoms with Crippen molar-refractivity contribution in [1.82, 2.24) is 5.32 Å². The van der Waals surface area contributed by atoms with E-state index >= 15 is 0 Å². The van der Waals surface area contributed by atoms with Gasteiger partial charge in [-0.05, 0) is 31.6 Å². The average molecular weight is 282 g/mol. The molecule has 20 heavy (non-hydrogen) atoms. The van der Waals surface area contributed by atoms with Crippen LogP contribution in [0.25, 0.3) is 0 Å². The van der Waals surface area contributed by atoms with Crippen molar-refractivity contribution in [3.05, 3.63) is 0 Å². The Labute approximate surface area is 120 Å². The minimum atomic E-state index is -0.926. The van der Waals surface area contributed by atoms with E-state index in [1.54, 1.807) is 0 Å². The van der Waals surface area contributed by atoms with E-state index in [-0.39, 0.29) is 11.8 Å². The SMILES string of the molecule is NC1(C(=O)NC(C(=O)O)C2CCCCC2)CCCCC1. The number of amides is 1. The second-order valence-electron chi connectivity index (χ2n) is 6.40. The molecular weight excluding hydrogens is 256 g/mol. The maximum atomic E-state index is 12.4. The van der Waals surface area contributed by atoms with Crippen molar-refractivity contribution in [1.29, 1.82) is 0 Å². The predicted molar refractivity (Wildman–Crippen MR) is 76.1 cm³/mol. The number of carbonyl (C=O) groups excluding carboxylic acids is 1. The second-order valence-corrected chi connectivity index (χ2v) is 6.40. The normalized spacial score (nSPS) is 24.9. The molecule has 114 valence electrons. The van der Waals surface area contributed by atoms with Crippen LogP contribution in [0.5, 0.6) is 0 Å². The van der Waals surface area contributed by atoms with E-state index in [0.717, 1.165) is 51.4 Å². The number of hydrogen-bond donors (Lipinski definition) is 3. The molecule has 1 unspecified atom stereocenters. The smallest absolute Gasteiger partial charge is 0.326 e. The lowest BCUT2D eigenvalue weighted by Gasteiger charge is -2.35. The molecule has 0 spiro atoms. The molecule has 2 fully saturated rings. The van der Waals surface area contributed by atoms with Crippen LogP contribution in [0.4, 0.5) is 0 Å². The van der Waals surface area contributed by atoms with E-state index in [2.05, 4.69) is 5.32 Å². The Morgan fingerprint density at radius 3 is 2.15 bits per heavy atom. The molecule has 2 rings (SSSR count). The van der Waals surface area contributed by atoms with Crippen LogP contribution in [0.15, 0.2) is 0 Å². The number of carboxylic acid groups (broad SMARTS) is 1. The molecule has 0 aliphatic heterocycles. The minimum Gasteiger partial charge on any atom is -0.480 e. The van der Waals surface area contributed by atoms with Crippen LogP contribution in [0.1, 0.15) is 64.2 Å². The summed E-state index contributed by atoms with van der Waals surface area (Å²) in [6.45, 7) is 0. The lowest BCUT2D eigenvalue weighted by Crippen LogP contribution is -2.59. The molecule has 0 aromatic rings. The summed E-state index contributed by atoms with van der Waals surface area (Å²) in [5.41, 5.74) is 5.32. The fraction of sp³-hybridized carbons (Fsp3) is 0.867. The largest absolute Gasteiger partial charge is 0.480 e. The van der Waals surface area contributed by atoms with Gasteiger partial charge in [-0.15, -0.1) is 0 Å². The van der Waals surface area contributed by atoms with Gasteiger partial charge >= 0.3 is 5.97 Å². The Balaban J connectivity index is 1.99. The number of rotatable bonds is 4. The Kier molecular flexibility index (Phi) is 5.02. The van der Waals surface area contributed by atoms with E-state index in [1.807, 2.05) is 0 Å². The molecule has 0 heterocycles. The Bertz CT molecular complexity index is 358. The highest BCUT2D eigenvalue weighted by Crippen LogP contribution is 2.29. The summed E-state index contributed by atoms with van der Waals surface area (Å²) in [6.07, 6.45) is 9.37. The highest BCUT2D eigenvalue weighted by Gasteiger charge is 2.39. The van der Waals surface area contributed by atoms with Gasteiger partial charge in [-0.2, -0.15) is 0 Å². The summed E-state index contributed by atoms with van der Waals surface area (Å²) in [5, 5.41) is 12.1. The Morgan fingerprint density at radius 1 is 1.05 bits per heavy atom. The van der Waals surface area contributed by atoms with Crippen LogP contribution in [0.2, 0.25) is 0 Å². The maximum Gasteiger partial charge on any atom is 0.326 e. The fourth-order valence-electron chi connectivity index (χ4n) is 3.54. The Morgan fingerprint density at radius 2 is 1.60 bits per heavy atom. The molecule has 4 N–H and O–H groups in total. The monoisotopic (exact) mass is 282 g/mol. The zero-order valence-corrected chi connectivity index (χ0v) is 12.1. The number of nitrogens with one attached hydrogen (secondary N) is 1. The summed E-state index contributed by atoms with van der Waals surface area (Å²) >= 11 is 0. The Hall–Kier alpha value is -1.10. The van der Waals surface area contributed by atoms with Gasteiger partial charge in [0.2, 0.25) is 5.91 Å². The van der Waals surface area contributed by atoms with E-state index in [9.17, 15) is 14.7 Å². The van der Waals surface area contributed by atoms with Crippen LogP contribution in [-0.4, -0.2) is 28.6 Å². The average Bonchev–Trinajstić information content (AvgIpc) is 2.45. The van der Waals surface area contributed by atoms with Crippen molar-refractivity contribution >= 4 is 11.9 Å². The molecule has 0 aromatic carbocycles. The molecule has 2 saturated carbocycles. The van der Waals surface area contributed by atoms with Gasteiger partial charge in [0.15, 0.2) is 0 Å². The van der Waals surface area contributed by atoms with E-state index in [0.29, 0.717) is 12.8 Å². The third-order valence-electron chi connectivity index (χ3n) is 4.87. The lowest BCUT2D eigenvalue weighted by molar-refractivity contribution is -0.145. The highest BCUT2D eigenvalue weighted by molar-refractivity contribution is 5.90. The molecule has 0 radical (unpaired) electrons. The van der Waals surface area contributed by atoms with Crippen LogP contribution in [-0.2, 0) is 9.59 Å². The van der Waals surface area contributed by atoms with Crippen LogP contribution in [0.3, 0.4) is 0 Å². The predicted octanol–water partition coefficient (Wildman–Crippen LogP) is 1.80. The lowest BCUT2D eigenvalue weighted by atomic mass is 9.80. The summed E-state index contributed by atoms with van der Waals surface area (Å²) < 4.78 is 0. The summed E-state index contributed by atoms with van der Waals surface area (Å²) in [6, 6.07) is -0.773. The molecule has 0 aromatic heterocycles. The summed E-state index contributed by atoms with van der Waals surface area (Å²) in [4.78, 5) is 23.8. The van der Waals surface area contributed by atoms with Gasteiger partial charge < -0.3 is 16.2 Å². The van der Waals surface area contributed by atoms with Gasteiger partial charge in [0.1, 0.15) is 6.04 Å². The van der Waals surface area contributed by atoms with Crippen molar-refractivity contribution < 1.29 is 14.7 Å². The summed E-state index contributed by atoms with van der Waals surface area (Å²) in [5.74, 6) is -1.14. The van der Waals surface area contributed by atoms with Crippen molar-refractivity contribution in [2.24, 2.45) is 11.7 Å². The van der Waals surface area contributed by atoms with E-state index in [4.69, 9.17) is 5.73 Å². The van der Waals surface area contributed by atoms with Gasteiger partial charge in [0.05, 0.1) is 5.54 Å². The first-order chi connectivity index (χ1) is 9.53. The molecule has 0 bridgehead atoms. The number of hydrogen-bond acceptors (Lipinski definition) is 3. The van der Waals surface area contributed by atoms with Gasteiger partial charge in [0, 0.05) is 0 Å². The summed E-state index contributed by atoms with van der Waals surface area (Å²) in [7, 11) is 0. The zero-order chi connectivity index (χ0) is 14.6. The molecule has 2 aliphatic rings. The quantitative estimate of drug-likeness (QED) is 0.733. The van der Waals surface area contributed by atoms with Gasteiger partial charge in [-0.1, -0.05) is 38.5 Å². The first-order valence-electron chi connectivity index (χ1n) is 7.85. The number of nitrogens with two attached hydrogens (primary N) is 1. The fourth-order valence-corrected chi connectivity index (χ4v) is 3.54. The molecule has 5 heteroatoms. The first-order valence-corrected chi connectivity index (χ1v) is 7.85. The standard InChI is InChI=1S/C15H26N2O3/c16-15(9-5-2-6-10-15)14(20)17-12(13(18)19)11-7-3-1-4-8-11/h11-12H,1-10,16H2,(H,17,20)(H,18,19). The molecule has 0 saturated heterocycles. The van der Waals surface area contributed by atoms with Crippen molar-refractivity contribution in [2.45, 2.75) is 75.8 Å². The highest BCUT2D eigenvalue weighted by atomic mass is 16.4. The van der Waals surface area contributed by atoms with E-state index < -0.39 is 17.6 Å². The maximum absolute atomic E-state index is 12.4. The topological polar surface area (TPSA) is 92.4 Å². The minimum absolute atomic E-state index is 0.0531. The van der Waals surface area contributed by atoms with Crippen LogP contribution in [0, 0.1) is 5.92 Å². The second kappa shape index (κ2) is 6.57. The number of carboxylic acids is 1. The van der Waals surface area contributed by atoms with E-state index in [1.165, 1.54) is 0 Å². The van der Waals surface area contributed by atoms with Crippen LogP contribution < -0.4 is 11.1 Å². The third kappa shape index (κ3) is 3.51. The molecule has 1 amide bonds. The van der Waals surface area contributed by atoms with Gasteiger partial charge in [-0.3, -0.25) is 4.79 Å². The molecule has 5 nitrogen and oxygen atoms in total. The molecule has 2 aliphatic carbocycles. The first kappa shape index (κ1) is 15.3. The zero-order valence-electron chi connectivity index (χ0n) is 12.1. The third-order valence-corrected chi connectivity index (χ3v) is 4.87.